The largest absolute Gasteiger partial charge is 0.507 e. The number of fused-ring (bicyclic) bond motifs is 2. The Balaban J connectivity index is 1.74. The highest BCUT2D eigenvalue weighted by atomic mass is 16.4. The number of phenols is 1. The number of nitrogens with one attached hydrogen (secondary N) is 1. The fraction of sp³-hybridized carbons (Fsp3) is 0.105. The first-order valence-electron chi connectivity index (χ1n) is 7.96. The van der Waals surface area contributed by atoms with Crippen molar-refractivity contribution >= 4 is 28.7 Å². The molecule has 0 radical (unpaired) electrons. The van der Waals surface area contributed by atoms with Gasteiger partial charge in [-0.1, -0.05) is 24.3 Å². The molecule has 2 aromatic carbocycles. The maximum absolute atomic E-state index is 12.6. The normalized spacial score (nSPS) is 14.7. The van der Waals surface area contributed by atoms with Crippen molar-refractivity contribution in [3.05, 3.63) is 65.4 Å². The Labute approximate surface area is 147 Å². The molecule has 4 rings (SSSR count). The van der Waals surface area contributed by atoms with Gasteiger partial charge in [0, 0.05) is 23.5 Å². The summed E-state index contributed by atoms with van der Waals surface area (Å²) in [6.45, 7) is 0. The number of para-hydroxylation sites is 1. The van der Waals surface area contributed by atoms with Crippen LogP contribution in [0.5, 0.6) is 5.75 Å². The van der Waals surface area contributed by atoms with Gasteiger partial charge in [0.05, 0.1) is 11.1 Å². The number of carbonyl (C=O) groups is 3. The van der Waals surface area contributed by atoms with Crippen molar-refractivity contribution in [1.29, 1.82) is 0 Å². The van der Waals surface area contributed by atoms with Crippen LogP contribution in [-0.4, -0.2) is 43.9 Å². The highest BCUT2D eigenvalue weighted by molar-refractivity contribution is 6.23. The van der Waals surface area contributed by atoms with E-state index in [1.165, 1.54) is 18.2 Å². The average Bonchev–Trinajstić information content (AvgIpc) is 3.13. The first-order chi connectivity index (χ1) is 12.5. The number of phenolic OH excluding ortho intramolecular Hbond substituents is 1. The lowest BCUT2D eigenvalue weighted by atomic mass is 10.0. The predicted molar refractivity (Wildman–Crippen MR) is 92.0 cm³/mol. The van der Waals surface area contributed by atoms with Gasteiger partial charge in [-0.15, -0.1) is 0 Å². The molecule has 0 fully saturated rings. The van der Waals surface area contributed by atoms with Crippen LogP contribution >= 0.6 is 0 Å². The first-order valence-corrected chi connectivity index (χ1v) is 7.96. The average molecular weight is 350 g/mol. The van der Waals surface area contributed by atoms with E-state index in [-0.39, 0.29) is 23.3 Å². The topological polar surface area (TPSA) is 111 Å². The number of hydrogen-bond donors (Lipinski definition) is 3. The van der Waals surface area contributed by atoms with Crippen molar-refractivity contribution in [3.8, 4) is 5.75 Å². The van der Waals surface area contributed by atoms with Crippen LogP contribution in [0.1, 0.15) is 26.3 Å². The van der Waals surface area contributed by atoms with Crippen LogP contribution in [0.4, 0.5) is 0 Å². The number of aromatic nitrogens is 1. The number of carbonyl (C=O) groups excluding carboxylic acids is 2. The van der Waals surface area contributed by atoms with Gasteiger partial charge in [0.2, 0.25) is 0 Å². The Kier molecular flexibility index (Phi) is 3.50. The molecule has 3 N–H and O–H groups in total. The molecular weight excluding hydrogens is 336 g/mol. The summed E-state index contributed by atoms with van der Waals surface area (Å²) < 4.78 is 0. The van der Waals surface area contributed by atoms with E-state index in [1.807, 2.05) is 24.3 Å². The molecule has 0 aliphatic carbocycles. The summed E-state index contributed by atoms with van der Waals surface area (Å²) in [6, 6.07) is 10.1. The number of hydrogen-bond acceptors (Lipinski definition) is 4. The molecule has 1 unspecified atom stereocenters. The molecule has 7 nitrogen and oxygen atoms in total. The minimum atomic E-state index is -1.37. The Morgan fingerprint density at radius 3 is 2.58 bits per heavy atom. The molecule has 2 amide bonds. The van der Waals surface area contributed by atoms with Gasteiger partial charge in [-0.25, -0.2) is 4.79 Å². The number of aromatic hydroxyl groups is 1. The summed E-state index contributed by atoms with van der Waals surface area (Å²) >= 11 is 0. The molecule has 0 saturated heterocycles. The van der Waals surface area contributed by atoms with Crippen molar-refractivity contribution < 1.29 is 24.6 Å². The van der Waals surface area contributed by atoms with E-state index in [1.54, 1.807) is 6.20 Å². The van der Waals surface area contributed by atoms with Crippen LogP contribution < -0.4 is 0 Å². The van der Waals surface area contributed by atoms with E-state index in [9.17, 15) is 24.6 Å². The van der Waals surface area contributed by atoms with Gasteiger partial charge in [0.15, 0.2) is 0 Å². The number of carboxylic acid groups (broad SMARTS) is 1. The second-order valence-corrected chi connectivity index (χ2v) is 6.10. The van der Waals surface area contributed by atoms with Crippen LogP contribution in [-0.2, 0) is 11.2 Å². The van der Waals surface area contributed by atoms with E-state index in [0.717, 1.165) is 10.9 Å². The third-order valence-corrected chi connectivity index (χ3v) is 4.61. The molecule has 1 atom stereocenters. The minimum absolute atomic E-state index is 0.0141. The van der Waals surface area contributed by atoms with Crippen molar-refractivity contribution in [1.82, 2.24) is 9.88 Å². The first kappa shape index (κ1) is 15.9. The predicted octanol–water partition coefficient (Wildman–Crippen LogP) is 2.17. The molecule has 7 heteroatoms. The van der Waals surface area contributed by atoms with Gasteiger partial charge in [0.1, 0.15) is 11.8 Å². The second-order valence-electron chi connectivity index (χ2n) is 6.10. The molecule has 26 heavy (non-hydrogen) atoms. The number of carboxylic acids is 1. The lowest BCUT2D eigenvalue weighted by Crippen LogP contribution is -2.46. The van der Waals surface area contributed by atoms with Crippen LogP contribution in [0.25, 0.3) is 10.9 Å². The highest BCUT2D eigenvalue weighted by Gasteiger charge is 2.44. The molecule has 130 valence electrons. The van der Waals surface area contributed by atoms with Crippen LogP contribution in [0.15, 0.2) is 48.7 Å². The van der Waals surface area contributed by atoms with Gasteiger partial charge in [-0.3, -0.25) is 14.5 Å². The van der Waals surface area contributed by atoms with Crippen LogP contribution in [0.3, 0.4) is 0 Å². The molecule has 0 bridgehead atoms. The lowest BCUT2D eigenvalue weighted by molar-refractivity contribution is -0.141. The monoisotopic (exact) mass is 350 g/mol. The Bertz CT molecular complexity index is 1070. The Morgan fingerprint density at radius 1 is 1.08 bits per heavy atom. The van der Waals surface area contributed by atoms with Crippen molar-refractivity contribution in [2.75, 3.05) is 0 Å². The third kappa shape index (κ3) is 2.25. The van der Waals surface area contributed by atoms with Crippen LogP contribution in [0.2, 0.25) is 0 Å². The molecule has 0 spiro atoms. The van der Waals surface area contributed by atoms with Crippen molar-refractivity contribution in [2.24, 2.45) is 0 Å². The second kappa shape index (κ2) is 5.73. The number of aromatic amines is 1. The number of imide groups is 1. The Hall–Kier alpha value is -3.61. The summed E-state index contributed by atoms with van der Waals surface area (Å²) in [5.41, 5.74) is 1.39. The molecule has 0 saturated carbocycles. The smallest absolute Gasteiger partial charge is 0.327 e. The van der Waals surface area contributed by atoms with Gasteiger partial charge in [-0.05, 0) is 23.8 Å². The fourth-order valence-corrected chi connectivity index (χ4v) is 3.37. The van der Waals surface area contributed by atoms with Gasteiger partial charge >= 0.3 is 5.97 Å². The maximum Gasteiger partial charge on any atom is 0.327 e. The zero-order valence-corrected chi connectivity index (χ0v) is 13.5. The highest BCUT2D eigenvalue weighted by Crippen LogP contribution is 2.32. The SMILES string of the molecule is O=C(O)C(Cc1c[nH]c2ccccc12)N1C(=O)c2cccc(O)c2C1=O. The molecule has 3 aromatic rings. The summed E-state index contributed by atoms with van der Waals surface area (Å²) in [4.78, 5) is 40.9. The number of nitrogens with zero attached hydrogens (tertiary/aromatic N) is 1. The summed E-state index contributed by atoms with van der Waals surface area (Å²) in [5.74, 6) is -3.13. The summed E-state index contributed by atoms with van der Waals surface area (Å²) in [7, 11) is 0. The molecular formula is C19H14N2O5. The van der Waals surface area contributed by atoms with Gasteiger partial charge in [0.25, 0.3) is 11.8 Å². The number of aliphatic carboxylic acids is 1. The zero-order chi connectivity index (χ0) is 18.4. The van der Waals surface area contributed by atoms with Gasteiger partial charge < -0.3 is 15.2 Å². The van der Waals surface area contributed by atoms with E-state index in [2.05, 4.69) is 4.98 Å². The molecule has 1 aliphatic rings. The molecule has 1 aromatic heterocycles. The lowest BCUT2D eigenvalue weighted by Gasteiger charge is -2.22. The van der Waals surface area contributed by atoms with Crippen LogP contribution in [0, 0.1) is 0 Å². The minimum Gasteiger partial charge on any atom is -0.507 e. The third-order valence-electron chi connectivity index (χ3n) is 4.61. The maximum atomic E-state index is 12.6. The number of H-pyrrole nitrogens is 1. The van der Waals surface area contributed by atoms with Crippen molar-refractivity contribution in [2.45, 2.75) is 12.5 Å². The Morgan fingerprint density at radius 2 is 1.85 bits per heavy atom. The number of amides is 2. The summed E-state index contributed by atoms with van der Waals surface area (Å²) in [5, 5.41) is 20.4. The molecule has 2 heterocycles. The quantitative estimate of drug-likeness (QED) is 0.625. The van der Waals surface area contributed by atoms with Gasteiger partial charge in [-0.2, -0.15) is 0 Å². The zero-order valence-electron chi connectivity index (χ0n) is 13.5. The van der Waals surface area contributed by atoms with Crippen molar-refractivity contribution in [3.63, 3.8) is 0 Å². The molecule has 1 aliphatic heterocycles. The number of rotatable bonds is 4. The van der Waals surface area contributed by atoms with E-state index in [0.29, 0.717) is 10.5 Å². The summed E-state index contributed by atoms with van der Waals surface area (Å²) in [6.07, 6.45) is 1.64. The fourth-order valence-electron chi connectivity index (χ4n) is 3.37. The van der Waals surface area contributed by atoms with E-state index in [4.69, 9.17) is 0 Å². The van der Waals surface area contributed by atoms with E-state index >= 15 is 0 Å². The standard InChI is InChI=1S/C19H14N2O5/c22-15-7-3-5-12-16(15)18(24)21(17(12)23)14(19(25)26)8-10-9-20-13-6-2-1-4-11(10)13/h1-7,9,14,20,22H,8H2,(H,25,26). The van der Waals surface area contributed by atoms with E-state index < -0.39 is 23.8 Å². The number of benzene rings is 2.